The molecule has 20 heavy (non-hydrogen) atoms. The highest BCUT2D eigenvalue weighted by Gasteiger charge is 2.15. The van der Waals surface area contributed by atoms with Gasteiger partial charge in [0.15, 0.2) is 0 Å². The summed E-state index contributed by atoms with van der Waals surface area (Å²) in [7, 11) is -3.83. The van der Waals surface area contributed by atoms with Crippen molar-refractivity contribution >= 4 is 21.7 Å². The second kappa shape index (κ2) is 5.34. The number of aromatic carboxylic acids is 1. The Morgan fingerprint density at radius 2 is 1.80 bits per heavy atom. The zero-order valence-electron chi connectivity index (χ0n) is 10.7. The molecule has 0 radical (unpaired) electrons. The van der Waals surface area contributed by atoms with E-state index in [0.717, 1.165) is 11.6 Å². The van der Waals surface area contributed by atoms with Crippen LogP contribution in [0.15, 0.2) is 53.4 Å². The fourth-order valence-corrected chi connectivity index (χ4v) is 2.86. The maximum atomic E-state index is 12.2. The van der Waals surface area contributed by atoms with E-state index in [9.17, 15) is 18.3 Å². The predicted octanol–water partition coefficient (Wildman–Crippen LogP) is 1.16. The number of para-hydroxylation sites is 1. The van der Waals surface area contributed by atoms with Crippen LogP contribution in [0.1, 0.15) is 15.9 Å². The molecule has 104 valence electrons. The van der Waals surface area contributed by atoms with Crippen LogP contribution < -0.4 is 9.83 Å². The van der Waals surface area contributed by atoms with Crippen molar-refractivity contribution in [2.45, 2.75) is 11.8 Å². The van der Waals surface area contributed by atoms with Gasteiger partial charge in [-0.1, -0.05) is 30.3 Å². The summed E-state index contributed by atoms with van der Waals surface area (Å²) < 4.78 is 26.8. The van der Waals surface area contributed by atoms with E-state index in [4.69, 9.17) is 0 Å². The molecule has 0 atom stereocenters. The number of hydrogen-bond acceptors (Lipinski definition) is 4. The van der Waals surface area contributed by atoms with Crippen LogP contribution in [0.2, 0.25) is 0 Å². The average molecular weight is 290 g/mol. The summed E-state index contributed by atoms with van der Waals surface area (Å²) in [6.45, 7) is 1.77. The molecular weight excluding hydrogens is 278 g/mol. The van der Waals surface area contributed by atoms with Gasteiger partial charge in [-0.15, -0.1) is 0 Å². The molecule has 0 saturated carbocycles. The van der Waals surface area contributed by atoms with Gasteiger partial charge in [0.2, 0.25) is 0 Å². The zero-order valence-corrected chi connectivity index (χ0v) is 11.5. The number of carboxylic acid groups (broad SMARTS) is 1. The van der Waals surface area contributed by atoms with Crippen LogP contribution in [-0.2, 0) is 10.0 Å². The number of rotatable bonds is 4. The van der Waals surface area contributed by atoms with Crippen molar-refractivity contribution in [2.24, 2.45) is 0 Å². The molecule has 0 unspecified atom stereocenters. The minimum absolute atomic E-state index is 0.123. The van der Waals surface area contributed by atoms with Crippen LogP contribution in [0, 0.1) is 6.92 Å². The third kappa shape index (κ3) is 2.97. The van der Waals surface area contributed by atoms with Gasteiger partial charge in [0.05, 0.1) is 16.6 Å². The van der Waals surface area contributed by atoms with Crippen molar-refractivity contribution in [1.82, 2.24) is 0 Å². The fraction of sp³-hybridized carbons (Fsp3) is 0.0714. The number of benzene rings is 2. The number of carboxylic acids is 1. The van der Waals surface area contributed by atoms with Gasteiger partial charge >= 0.3 is 0 Å². The Labute approximate surface area is 116 Å². The number of carbonyl (C=O) groups is 1. The Balaban J connectivity index is 2.38. The van der Waals surface area contributed by atoms with Gasteiger partial charge in [-0.3, -0.25) is 4.72 Å². The van der Waals surface area contributed by atoms with Crippen molar-refractivity contribution in [3.05, 3.63) is 59.7 Å². The van der Waals surface area contributed by atoms with Gasteiger partial charge < -0.3 is 9.90 Å². The summed E-state index contributed by atoms with van der Waals surface area (Å²) in [5.41, 5.74) is 1.04. The molecule has 0 aliphatic heterocycles. The number of aryl methyl sites for hydroxylation is 1. The minimum atomic E-state index is -3.83. The largest absolute Gasteiger partial charge is 0.545 e. The number of sulfonamides is 1. The van der Waals surface area contributed by atoms with Crippen molar-refractivity contribution < 1.29 is 18.3 Å². The molecule has 0 aromatic heterocycles. The van der Waals surface area contributed by atoms with Gasteiger partial charge in [-0.05, 0) is 36.2 Å². The molecule has 0 amide bonds. The standard InChI is InChI=1S/C14H13NO4S/c1-10-5-2-3-8-13(10)15-20(18,19)12-7-4-6-11(9-12)14(16)17/h2-9,15H,1H3,(H,16,17)/p-1. The van der Waals surface area contributed by atoms with Crippen molar-refractivity contribution in [3.63, 3.8) is 0 Å². The lowest BCUT2D eigenvalue weighted by Crippen LogP contribution is -2.23. The lowest BCUT2D eigenvalue weighted by molar-refractivity contribution is -0.255. The van der Waals surface area contributed by atoms with Gasteiger partial charge in [0.1, 0.15) is 0 Å². The number of nitrogens with one attached hydrogen (secondary N) is 1. The predicted molar refractivity (Wildman–Crippen MR) is 72.8 cm³/mol. The van der Waals surface area contributed by atoms with Gasteiger partial charge in [0, 0.05) is 0 Å². The van der Waals surface area contributed by atoms with E-state index in [1.165, 1.54) is 18.2 Å². The molecule has 0 heterocycles. The maximum absolute atomic E-state index is 12.2. The first kappa shape index (κ1) is 14.1. The van der Waals surface area contributed by atoms with Gasteiger partial charge in [-0.25, -0.2) is 8.42 Å². The van der Waals surface area contributed by atoms with E-state index >= 15 is 0 Å². The highest BCUT2D eigenvalue weighted by Crippen LogP contribution is 2.19. The molecule has 0 aliphatic carbocycles. The van der Waals surface area contributed by atoms with Crippen molar-refractivity contribution in [3.8, 4) is 0 Å². The molecule has 2 aromatic carbocycles. The van der Waals surface area contributed by atoms with E-state index in [0.29, 0.717) is 5.69 Å². The van der Waals surface area contributed by atoms with Gasteiger partial charge in [-0.2, -0.15) is 0 Å². The smallest absolute Gasteiger partial charge is 0.261 e. The SMILES string of the molecule is Cc1ccccc1NS(=O)(=O)c1cccc(C(=O)[O-])c1. The lowest BCUT2D eigenvalue weighted by Gasteiger charge is -2.11. The third-order valence-electron chi connectivity index (χ3n) is 2.77. The van der Waals surface area contributed by atoms with Crippen molar-refractivity contribution in [2.75, 3.05) is 4.72 Å². The second-order valence-corrected chi connectivity index (χ2v) is 5.92. The van der Waals surface area contributed by atoms with Crippen LogP contribution in [0.4, 0.5) is 5.69 Å². The summed E-state index contributed by atoms with van der Waals surface area (Å²) >= 11 is 0. The molecule has 0 aliphatic rings. The minimum Gasteiger partial charge on any atom is -0.545 e. The monoisotopic (exact) mass is 290 g/mol. The molecular formula is C14H12NO4S-. The quantitative estimate of drug-likeness (QED) is 0.915. The Hall–Kier alpha value is -2.34. The van der Waals surface area contributed by atoms with Crippen LogP contribution in [0.3, 0.4) is 0 Å². The van der Waals surface area contributed by atoms with E-state index in [2.05, 4.69) is 4.72 Å². The summed E-state index contributed by atoms with van der Waals surface area (Å²) in [6.07, 6.45) is 0. The summed E-state index contributed by atoms with van der Waals surface area (Å²) in [6, 6.07) is 11.9. The van der Waals surface area contributed by atoms with E-state index in [1.807, 2.05) is 0 Å². The summed E-state index contributed by atoms with van der Waals surface area (Å²) in [5, 5.41) is 10.8. The topological polar surface area (TPSA) is 86.3 Å². The Morgan fingerprint density at radius 3 is 2.45 bits per heavy atom. The molecule has 1 N–H and O–H groups in total. The van der Waals surface area contributed by atoms with Crippen LogP contribution in [0.5, 0.6) is 0 Å². The first-order valence-electron chi connectivity index (χ1n) is 5.80. The van der Waals surface area contributed by atoms with Crippen LogP contribution in [-0.4, -0.2) is 14.4 Å². The zero-order chi connectivity index (χ0) is 14.8. The molecule has 6 heteroatoms. The Kier molecular flexibility index (Phi) is 3.76. The van der Waals surface area contributed by atoms with Crippen LogP contribution >= 0.6 is 0 Å². The van der Waals surface area contributed by atoms with Crippen LogP contribution in [0.25, 0.3) is 0 Å². The first-order valence-corrected chi connectivity index (χ1v) is 7.28. The normalized spacial score (nSPS) is 11.1. The molecule has 2 aromatic rings. The molecule has 5 nitrogen and oxygen atoms in total. The highest BCUT2D eigenvalue weighted by molar-refractivity contribution is 7.92. The molecule has 2 rings (SSSR count). The van der Waals surface area contributed by atoms with E-state index in [-0.39, 0.29) is 10.5 Å². The summed E-state index contributed by atoms with van der Waals surface area (Å²) in [4.78, 5) is 10.6. The first-order chi connectivity index (χ1) is 9.40. The third-order valence-corrected chi connectivity index (χ3v) is 4.13. The fourth-order valence-electron chi connectivity index (χ4n) is 1.68. The summed E-state index contributed by atoms with van der Waals surface area (Å²) in [5.74, 6) is -1.42. The molecule has 0 fully saturated rings. The van der Waals surface area contributed by atoms with E-state index in [1.54, 1.807) is 31.2 Å². The number of hydrogen-bond donors (Lipinski definition) is 1. The molecule has 0 bridgehead atoms. The van der Waals surface area contributed by atoms with Gasteiger partial charge in [0.25, 0.3) is 10.0 Å². The number of anilines is 1. The maximum Gasteiger partial charge on any atom is 0.261 e. The van der Waals surface area contributed by atoms with Crippen molar-refractivity contribution in [1.29, 1.82) is 0 Å². The average Bonchev–Trinajstić information content (AvgIpc) is 2.41. The number of carbonyl (C=O) groups excluding carboxylic acids is 1. The Morgan fingerprint density at radius 1 is 1.10 bits per heavy atom. The molecule has 0 spiro atoms. The molecule has 0 saturated heterocycles. The lowest BCUT2D eigenvalue weighted by atomic mass is 10.2. The highest BCUT2D eigenvalue weighted by atomic mass is 32.2. The second-order valence-electron chi connectivity index (χ2n) is 4.24. The van der Waals surface area contributed by atoms with E-state index < -0.39 is 16.0 Å². The Bertz CT molecular complexity index is 753.